The molecule has 0 spiro atoms. The van der Waals surface area contributed by atoms with Crippen LogP contribution in [0.2, 0.25) is 0 Å². The van der Waals surface area contributed by atoms with Crippen molar-refractivity contribution in [1.29, 1.82) is 0 Å². The lowest BCUT2D eigenvalue weighted by Crippen LogP contribution is -2.03. The van der Waals surface area contributed by atoms with Gasteiger partial charge in [-0.2, -0.15) is 0 Å². The third-order valence-electron chi connectivity index (χ3n) is 2.18. The fourth-order valence-corrected chi connectivity index (χ4v) is 1.44. The molecule has 2 heterocycles. The summed E-state index contributed by atoms with van der Waals surface area (Å²) in [6, 6.07) is 0. The monoisotopic (exact) mass is 217 g/mol. The predicted octanol–water partition coefficient (Wildman–Crippen LogP) is -0.228. The number of aliphatic hydroxyl groups excluding tert-OH is 1. The highest BCUT2D eigenvalue weighted by Crippen LogP contribution is 2.15. The Morgan fingerprint density at radius 2 is 2.31 bits per heavy atom. The molecule has 3 N–H and O–H groups in total. The van der Waals surface area contributed by atoms with Crippen LogP contribution in [0.25, 0.3) is 11.2 Å². The highest BCUT2D eigenvalue weighted by atomic mass is 16.3. The molecule has 0 atom stereocenters. The molecule has 0 fully saturated rings. The summed E-state index contributed by atoms with van der Waals surface area (Å²) >= 11 is 0. The number of anilines is 1. The Labute approximate surface area is 92.1 Å². The summed E-state index contributed by atoms with van der Waals surface area (Å²) in [5.41, 5.74) is 6.85. The molecule has 0 aliphatic heterocycles. The average molecular weight is 217 g/mol. The zero-order valence-electron chi connectivity index (χ0n) is 8.59. The van der Waals surface area contributed by atoms with E-state index in [4.69, 9.17) is 17.3 Å². The highest BCUT2D eigenvalue weighted by molar-refractivity contribution is 5.81. The summed E-state index contributed by atoms with van der Waals surface area (Å²) in [6.45, 7) is 0.732. The number of nitrogen functional groups attached to an aromatic ring is 1. The number of fused-ring (bicyclic) bond motifs is 1. The van der Waals surface area contributed by atoms with Gasteiger partial charge in [0.1, 0.15) is 5.52 Å². The smallest absolute Gasteiger partial charge is 0.208 e. The Morgan fingerprint density at radius 3 is 3.00 bits per heavy atom. The van der Waals surface area contributed by atoms with Crippen LogP contribution in [-0.4, -0.2) is 31.2 Å². The Bertz CT molecular complexity index is 554. The van der Waals surface area contributed by atoms with Crippen molar-refractivity contribution in [3.8, 4) is 12.3 Å². The molecule has 0 bridgehead atoms. The molecule has 0 radical (unpaired) electrons. The predicted molar refractivity (Wildman–Crippen MR) is 59.4 cm³/mol. The summed E-state index contributed by atoms with van der Waals surface area (Å²) in [6.07, 6.45) is 7.47. The molecular formula is C10H11N5O. The number of hydrogen-bond donors (Lipinski definition) is 2. The summed E-state index contributed by atoms with van der Waals surface area (Å²) < 4.78 is 1.80. The number of terminal acetylenes is 1. The van der Waals surface area contributed by atoms with E-state index >= 15 is 0 Å². The zero-order chi connectivity index (χ0) is 11.5. The van der Waals surface area contributed by atoms with Crippen molar-refractivity contribution in [1.82, 2.24) is 19.5 Å². The normalized spacial score (nSPS) is 10.5. The van der Waals surface area contributed by atoms with E-state index in [0.717, 1.165) is 0 Å². The van der Waals surface area contributed by atoms with Gasteiger partial charge in [-0.25, -0.2) is 15.0 Å². The summed E-state index contributed by atoms with van der Waals surface area (Å²) in [5, 5.41) is 8.77. The van der Waals surface area contributed by atoms with Crippen molar-refractivity contribution in [2.24, 2.45) is 0 Å². The Kier molecular flexibility index (Phi) is 2.70. The van der Waals surface area contributed by atoms with E-state index < -0.39 is 0 Å². The minimum atomic E-state index is 0.113. The molecule has 0 unspecified atom stereocenters. The van der Waals surface area contributed by atoms with Gasteiger partial charge in [-0.3, -0.25) is 0 Å². The molecule has 2 rings (SSSR count). The van der Waals surface area contributed by atoms with Gasteiger partial charge in [0.25, 0.3) is 0 Å². The first kappa shape index (κ1) is 10.4. The van der Waals surface area contributed by atoms with Gasteiger partial charge >= 0.3 is 0 Å². The summed E-state index contributed by atoms with van der Waals surface area (Å²) in [5.74, 6) is 2.86. The van der Waals surface area contributed by atoms with Crippen LogP contribution in [0.4, 0.5) is 5.82 Å². The zero-order valence-corrected chi connectivity index (χ0v) is 8.59. The van der Waals surface area contributed by atoms with Gasteiger partial charge in [-0.1, -0.05) is 0 Å². The number of aryl methyl sites for hydroxylation is 1. The van der Waals surface area contributed by atoms with E-state index in [9.17, 15) is 0 Å². The van der Waals surface area contributed by atoms with E-state index in [-0.39, 0.29) is 18.2 Å². The number of rotatable bonds is 3. The molecule has 2 aromatic heterocycles. The molecule has 6 heteroatoms. The Balaban J connectivity index is 2.53. The fourth-order valence-electron chi connectivity index (χ4n) is 1.44. The van der Waals surface area contributed by atoms with Crippen LogP contribution in [0.3, 0.4) is 0 Å². The van der Waals surface area contributed by atoms with Crippen molar-refractivity contribution >= 4 is 17.0 Å². The van der Waals surface area contributed by atoms with E-state index in [0.29, 0.717) is 24.1 Å². The lowest BCUT2D eigenvalue weighted by molar-refractivity contribution is 0.280. The molecular weight excluding hydrogens is 206 g/mol. The first-order valence-electron chi connectivity index (χ1n) is 4.82. The minimum Gasteiger partial charge on any atom is -0.396 e. The lowest BCUT2D eigenvalue weighted by Gasteiger charge is -2.02. The third kappa shape index (κ3) is 1.68. The molecule has 0 aliphatic rings. The number of hydrogen-bond acceptors (Lipinski definition) is 5. The third-order valence-corrected chi connectivity index (χ3v) is 2.18. The van der Waals surface area contributed by atoms with Crippen molar-refractivity contribution in [2.45, 2.75) is 13.0 Å². The quantitative estimate of drug-likeness (QED) is 0.693. The Hall–Kier alpha value is -2.13. The van der Waals surface area contributed by atoms with E-state index in [1.807, 2.05) is 0 Å². The molecule has 6 nitrogen and oxygen atoms in total. The van der Waals surface area contributed by atoms with Gasteiger partial charge < -0.3 is 15.4 Å². The fraction of sp³-hybridized carbons (Fsp3) is 0.300. The molecule has 16 heavy (non-hydrogen) atoms. The number of imidazole rings is 1. The molecule has 0 saturated carbocycles. The maximum absolute atomic E-state index is 8.77. The van der Waals surface area contributed by atoms with Gasteiger partial charge in [0.05, 0.1) is 6.33 Å². The van der Waals surface area contributed by atoms with Crippen molar-refractivity contribution in [2.75, 3.05) is 12.3 Å². The topological polar surface area (TPSA) is 89.8 Å². The van der Waals surface area contributed by atoms with Crippen LogP contribution in [0.1, 0.15) is 12.2 Å². The van der Waals surface area contributed by atoms with E-state index in [1.165, 1.54) is 0 Å². The highest BCUT2D eigenvalue weighted by Gasteiger charge is 2.09. The van der Waals surface area contributed by atoms with Crippen LogP contribution >= 0.6 is 0 Å². The minimum absolute atomic E-state index is 0.113. The van der Waals surface area contributed by atoms with Crippen LogP contribution in [0, 0.1) is 12.3 Å². The first-order chi connectivity index (χ1) is 7.76. The standard InChI is InChI=1S/C10H11N5O/c1-2-7-13-9(11)8-10(14-7)15(6-12-8)4-3-5-16/h1,6,16H,3-5H2,(H2,11,13,14). The second kappa shape index (κ2) is 4.16. The van der Waals surface area contributed by atoms with Crippen LogP contribution < -0.4 is 5.73 Å². The van der Waals surface area contributed by atoms with Crippen molar-refractivity contribution in [3.63, 3.8) is 0 Å². The largest absolute Gasteiger partial charge is 0.396 e. The Morgan fingerprint density at radius 1 is 1.50 bits per heavy atom. The van der Waals surface area contributed by atoms with Crippen molar-refractivity contribution < 1.29 is 5.11 Å². The van der Waals surface area contributed by atoms with Gasteiger partial charge in [0.2, 0.25) is 5.82 Å². The number of nitrogens with two attached hydrogens (primary N) is 1. The van der Waals surface area contributed by atoms with Gasteiger partial charge in [-0.15, -0.1) is 6.42 Å². The van der Waals surface area contributed by atoms with Crippen molar-refractivity contribution in [3.05, 3.63) is 12.2 Å². The molecule has 2 aromatic rings. The van der Waals surface area contributed by atoms with Crippen LogP contribution in [-0.2, 0) is 6.54 Å². The summed E-state index contributed by atoms with van der Waals surface area (Å²) in [7, 11) is 0. The number of aliphatic hydroxyl groups is 1. The van der Waals surface area contributed by atoms with E-state index in [2.05, 4.69) is 20.9 Å². The molecule has 0 aromatic carbocycles. The average Bonchev–Trinajstić information content (AvgIpc) is 2.70. The van der Waals surface area contributed by atoms with Gasteiger partial charge in [-0.05, 0) is 12.3 Å². The second-order valence-electron chi connectivity index (χ2n) is 3.26. The van der Waals surface area contributed by atoms with Gasteiger partial charge in [0.15, 0.2) is 11.5 Å². The SMILES string of the molecule is C#Cc1nc(N)c2ncn(CCCO)c2n1. The maximum Gasteiger partial charge on any atom is 0.208 e. The molecule has 0 amide bonds. The number of nitrogens with zero attached hydrogens (tertiary/aromatic N) is 4. The number of aromatic nitrogens is 4. The second-order valence-corrected chi connectivity index (χ2v) is 3.26. The van der Waals surface area contributed by atoms with Crippen LogP contribution in [0.15, 0.2) is 6.33 Å². The summed E-state index contributed by atoms with van der Waals surface area (Å²) in [4.78, 5) is 12.2. The molecule has 0 aliphatic carbocycles. The maximum atomic E-state index is 8.77. The van der Waals surface area contributed by atoms with Crippen LogP contribution in [0.5, 0.6) is 0 Å². The lowest BCUT2D eigenvalue weighted by atomic mass is 10.4. The molecule has 82 valence electrons. The van der Waals surface area contributed by atoms with Gasteiger partial charge in [0, 0.05) is 13.2 Å². The first-order valence-corrected chi connectivity index (χ1v) is 4.82. The molecule has 0 saturated heterocycles. The van der Waals surface area contributed by atoms with E-state index in [1.54, 1.807) is 10.9 Å².